The molecular formula is C21H18F3N5O2. The summed E-state index contributed by atoms with van der Waals surface area (Å²) in [4.78, 5) is 19.4. The second-order valence-electron chi connectivity index (χ2n) is 7.60. The summed E-state index contributed by atoms with van der Waals surface area (Å²) >= 11 is 0. The number of pyridine rings is 1. The fourth-order valence-electron chi connectivity index (χ4n) is 4.33. The van der Waals surface area contributed by atoms with E-state index in [0.717, 1.165) is 6.07 Å². The highest BCUT2D eigenvalue weighted by atomic mass is 19.4. The largest absolute Gasteiger partial charge is 0.416 e. The molecule has 160 valence electrons. The summed E-state index contributed by atoms with van der Waals surface area (Å²) < 4.78 is 47.6. The van der Waals surface area contributed by atoms with Crippen molar-refractivity contribution in [3.8, 4) is 11.5 Å². The van der Waals surface area contributed by atoms with Crippen LogP contribution in [0.4, 0.5) is 13.2 Å². The van der Waals surface area contributed by atoms with E-state index in [4.69, 9.17) is 4.74 Å². The Bertz CT molecular complexity index is 1150. The van der Waals surface area contributed by atoms with Crippen molar-refractivity contribution in [2.45, 2.75) is 31.7 Å². The zero-order valence-electron chi connectivity index (χ0n) is 16.5. The van der Waals surface area contributed by atoms with Gasteiger partial charge in [0.05, 0.1) is 24.8 Å². The lowest BCUT2D eigenvalue weighted by molar-refractivity contribution is -0.138. The minimum Gasteiger partial charge on any atom is -0.377 e. The normalized spacial score (nSPS) is 20.5. The number of carbonyl (C=O) groups excluding carboxylic acids is 1. The lowest BCUT2D eigenvalue weighted by atomic mass is 9.97. The molecule has 0 saturated carbocycles. The average Bonchev–Trinajstić information content (AvgIpc) is 3.16. The highest BCUT2D eigenvalue weighted by Crippen LogP contribution is 2.38. The van der Waals surface area contributed by atoms with E-state index in [1.807, 2.05) is 16.7 Å². The molecule has 5 rings (SSSR count). The third-order valence-electron chi connectivity index (χ3n) is 5.78. The smallest absolute Gasteiger partial charge is 0.377 e. The molecule has 2 aromatic heterocycles. The van der Waals surface area contributed by atoms with Crippen LogP contribution in [0.3, 0.4) is 0 Å². The van der Waals surface area contributed by atoms with Gasteiger partial charge in [0.25, 0.3) is 5.91 Å². The molecule has 0 aliphatic carbocycles. The van der Waals surface area contributed by atoms with Crippen LogP contribution in [-0.2, 0) is 17.5 Å². The number of morpholine rings is 1. The van der Waals surface area contributed by atoms with Gasteiger partial charge in [-0.05, 0) is 36.8 Å². The van der Waals surface area contributed by atoms with Crippen molar-refractivity contribution in [3.05, 3.63) is 65.1 Å². The van der Waals surface area contributed by atoms with Crippen molar-refractivity contribution in [1.82, 2.24) is 24.6 Å². The van der Waals surface area contributed by atoms with Crippen LogP contribution in [0.25, 0.3) is 11.5 Å². The number of ether oxygens (including phenoxy) is 1. The van der Waals surface area contributed by atoms with E-state index < -0.39 is 23.7 Å². The monoisotopic (exact) mass is 429 g/mol. The predicted molar refractivity (Wildman–Crippen MR) is 103 cm³/mol. The summed E-state index contributed by atoms with van der Waals surface area (Å²) in [5.74, 6) is 0.667. The number of aromatic nitrogens is 4. The Morgan fingerprint density at radius 1 is 1.13 bits per heavy atom. The first kappa shape index (κ1) is 19.7. The molecule has 2 bridgehead atoms. The molecule has 0 radical (unpaired) electrons. The van der Waals surface area contributed by atoms with Crippen molar-refractivity contribution in [3.63, 3.8) is 0 Å². The van der Waals surface area contributed by atoms with Gasteiger partial charge in [-0.3, -0.25) is 9.78 Å². The van der Waals surface area contributed by atoms with E-state index in [1.54, 1.807) is 17.2 Å². The summed E-state index contributed by atoms with van der Waals surface area (Å²) in [5, 5.41) is 8.55. The summed E-state index contributed by atoms with van der Waals surface area (Å²) in [5.41, 5.74) is -0.198. The van der Waals surface area contributed by atoms with E-state index in [1.165, 1.54) is 19.1 Å². The minimum atomic E-state index is -4.53. The molecule has 0 spiro atoms. The molecule has 0 N–H and O–H groups in total. The molecule has 1 fully saturated rings. The van der Waals surface area contributed by atoms with Crippen molar-refractivity contribution < 1.29 is 22.7 Å². The van der Waals surface area contributed by atoms with E-state index >= 15 is 0 Å². The Morgan fingerprint density at radius 2 is 1.97 bits per heavy atom. The molecule has 2 aliphatic rings. The lowest BCUT2D eigenvalue weighted by Crippen LogP contribution is -2.56. The van der Waals surface area contributed by atoms with Crippen LogP contribution in [0.15, 0.2) is 42.6 Å². The van der Waals surface area contributed by atoms with Gasteiger partial charge in [0.15, 0.2) is 11.6 Å². The van der Waals surface area contributed by atoms with Crippen LogP contribution in [-0.4, -0.2) is 49.8 Å². The van der Waals surface area contributed by atoms with Crippen LogP contribution >= 0.6 is 0 Å². The lowest BCUT2D eigenvalue weighted by Gasteiger charge is -2.45. The zero-order valence-corrected chi connectivity index (χ0v) is 16.5. The zero-order chi connectivity index (χ0) is 21.8. The molecule has 2 unspecified atom stereocenters. The number of benzene rings is 1. The quantitative estimate of drug-likeness (QED) is 0.625. The van der Waals surface area contributed by atoms with Crippen LogP contribution in [0.2, 0.25) is 0 Å². The van der Waals surface area contributed by atoms with Crippen molar-refractivity contribution in [1.29, 1.82) is 0 Å². The molecule has 7 nitrogen and oxygen atoms in total. The van der Waals surface area contributed by atoms with Crippen LogP contribution in [0.1, 0.15) is 33.4 Å². The van der Waals surface area contributed by atoms with Gasteiger partial charge in [0.2, 0.25) is 0 Å². The topological polar surface area (TPSA) is 73.1 Å². The molecule has 4 heterocycles. The van der Waals surface area contributed by atoms with Gasteiger partial charge in [-0.2, -0.15) is 13.2 Å². The maximum Gasteiger partial charge on any atom is 0.416 e. The Kier molecular flexibility index (Phi) is 4.54. The number of fused-ring (bicyclic) bond motifs is 4. The van der Waals surface area contributed by atoms with Gasteiger partial charge >= 0.3 is 6.18 Å². The van der Waals surface area contributed by atoms with Crippen molar-refractivity contribution >= 4 is 5.91 Å². The summed E-state index contributed by atoms with van der Waals surface area (Å²) in [6.07, 6.45) is -2.87. The molecule has 3 aromatic rings. The van der Waals surface area contributed by atoms with Gasteiger partial charge in [0, 0.05) is 18.3 Å². The first-order valence-corrected chi connectivity index (χ1v) is 9.78. The number of hydrogen-bond acceptors (Lipinski definition) is 5. The Morgan fingerprint density at radius 3 is 2.71 bits per heavy atom. The molecule has 1 saturated heterocycles. The van der Waals surface area contributed by atoms with Gasteiger partial charge in [0.1, 0.15) is 11.7 Å². The summed E-state index contributed by atoms with van der Waals surface area (Å²) in [6, 6.07) is 8.27. The number of nitrogens with zero attached hydrogens (tertiary/aromatic N) is 5. The standard InChI is InChI=1S/C21H18F3N5O2/c1-12-14(5-4-6-15(12)21(22,23)24)20(30)29-13-9-28-18(16-7-2-3-8-25-16)26-27-19(28)17(29)11-31-10-13/h2-8,13,17H,9-11H2,1H3. The van der Waals surface area contributed by atoms with E-state index in [-0.39, 0.29) is 30.4 Å². The second-order valence-corrected chi connectivity index (χ2v) is 7.60. The highest BCUT2D eigenvalue weighted by molar-refractivity contribution is 5.96. The van der Waals surface area contributed by atoms with Gasteiger partial charge in [-0.15, -0.1) is 10.2 Å². The Hall–Kier alpha value is -3.27. The summed E-state index contributed by atoms with van der Waals surface area (Å²) in [7, 11) is 0. The minimum absolute atomic E-state index is 0.0321. The second kappa shape index (κ2) is 7.16. The van der Waals surface area contributed by atoms with Gasteiger partial charge < -0.3 is 14.2 Å². The molecule has 31 heavy (non-hydrogen) atoms. The molecule has 2 aliphatic heterocycles. The number of rotatable bonds is 2. The molecule has 1 amide bonds. The van der Waals surface area contributed by atoms with Crippen LogP contribution in [0, 0.1) is 6.92 Å². The van der Waals surface area contributed by atoms with E-state index in [9.17, 15) is 18.0 Å². The molecule has 10 heteroatoms. The maximum atomic E-state index is 13.4. The van der Waals surface area contributed by atoms with Gasteiger partial charge in [-0.25, -0.2) is 0 Å². The third-order valence-corrected chi connectivity index (χ3v) is 5.78. The average molecular weight is 429 g/mol. The van der Waals surface area contributed by atoms with Crippen LogP contribution in [0.5, 0.6) is 0 Å². The fourth-order valence-corrected chi connectivity index (χ4v) is 4.33. The van der Waals surface area contributed by atoms with E-state index in [2.05, 4.69) is 15.2 Å². The number of halogens is 3. The Balaban J connectivity index is 1.55. The first-order chi connectivity index (χ1) is 14.9. The summed E-state index contributed by atoms with van der Waals surface area (Å²) in [6.45, 7) is 2.17. The number of amides is 1. The van der Waals surface area contributed by atoms with Gasteiger partial charge in [-0.1, -0.05) is 12.1 Å². The third kappa shape index (κ3) is 3.18. The molecular weight excluding hydrogens is 411 g/mol. The van der Waals surface area contributed by atoms with Crippen molar-refractivity contribution in [2.75, 3.05) is 13.2 Å². The van der Waals surface area contributed by atoms with Crippen molar-refractivity contribution in [2.24, 2.45) is 0 Å². The molecule has 2 atom stereocenters. The number of alkyl halides is 3. The molecule has 1 aromatic carbocycles. The fraction of sp³-hybridized carbons (Fsp3) is 0.333. The maximum absolute atomic E-state index is 13.4. The Labute approximate surface area is 175 Å². The predicted octanol–water partition coefficient (Wildman–Crippen LogP) is 3.26. The SMILES string of the molecule is Cc1c(C(=O)N2C3COCC2c2nnc(-c4ccccn4)n2C3)cccc1C(F)(F)F. The highest BCUT2D eigenvalue weighted by Gasteiger charge is 2.44. The van der Waals surface area contributed by atoms with Crippen LogP contribution < -0.4 is 0 Å². The van der Waals surface area contributed by atoms with E-state index in [0.29, 0.717) is 23.9 Å². The first-order valence-electron chi connectivity index (χ1n) is 9.78. The number of hydrogen-bond donors (Lipinski definition) is 0. The number of carbonyl (C=O) groups is 1.